The van der Waals surface area contributed by atoms with Crippen LogP contribution in [0.15, 0.2) is 85.2 Å². The Kier molecular flexibility index (Phi) is 17.3. The molecular weight excluding hydrogens is 858 g/mol. The molecule has 0 aliphatic carbocycles. The molecule has 2 amide bonds. The van der Waals surface area contributed by atoms with Crippen LogP contribution in [0.1, 0.15) is 51.5 Å². The van der Waals surface area contributed by atoms with Gasteiger partial charge in [-0.1, -0.05) is 48.0 Å². The number of amides is 2. The van der Waals surface area contributed by atoms with Gasteiger partial charge in [-0.05, 0) is 74.2 Å². The number of nitrogens with one attached hydrogen (secondary N) is 5. The second kappa shape index (κ2) is 26.0. The van der Waals surface area contributed by atoms with Crippen molar-refractivity contribution in [2.75, 3.05) is 35.6 Å². The van der Waals surface area contributed by atoms with Gasteiger partial charge in [-0.3, -0.25) is 9.59 Å². The van der Waals surface area contributed by atoms with Crippen LogP contribution in [0.5, 0.6) is 0 Å². The molecule has 0 saturated carbocycles. The van der Waals surface area contributed by atoms with Crippen LogP contribution in [-0.2, 0) is 23.1 Å². The van der Waals surface area contributed by atoms with Gasteiger partial charge in [0.2, 0.25) is 0 Å². The van der Waals surface area contributed by atoms with Crippen LogP contribution in [-0.4, -0.2) is 73.0 Å². The number of hydrogen-bond acceptors (Lipinski definition) is 16. The second-order valence-electron chi connectivity index (χ2n) is 11.6. The van der Waals surface area contributed by atoms with Crippen molar-refractivity contribution < 1.29 is 43.4 Å². The molecule has 18 nitrogen and oxygen atoms in total. The van der Waals surface area contributed by atoms with E-state index in [9.17, 15) is 18.4 Å². The summed E-state index contributed by atoms with van der Waals surface area (Å²) in [7, 11) is 0. The Morgan fingerprint density at radius 2 is 1.07 bits per heavy atom. The summed E-state index contributed by atoms with van der Waals surface area (Å²) in [5, 5.41) is 27.9. The van der Waals surface area contributed by atoms with Gasteiger partial charge in [-0.25, -0.2) is 18.7 Å². The minimum Gasteiger partial charge on any atom is -0.384 e. The predicted molar refractivity (Wildman–Crippen MR) is 228 cm³/mol. The number of nitrogen functional groups attached to an aromatic ring is 1. The molecule has 6 aromatic rings. The Morgan fingerprint density at radius 1 is 0.607 bits per heavy atom. The second-order valence-corrected chi connectivity index (χ2v) is 12.3. The highest BCUT2D eigenvalue weighted by atomic mass is 35.5. The van der Waals surface area contributed by atoms with E-state index in [0.29, 0.717) is 28.5 Å². The summed E-state index contributed by atoms with van der Waals surface area (Å²) in [6.07, 6.45) is 2.19. The lowest BCUT2D eigenvalue weighted by atomic mass is 10.2. The zero-order valence-corrected chi connectivity index (χ0v) is 34.6. The summed E-state index contributed by atoms with van der Waals surface area (Å²) in [4.78, 5) is 31.9. The van der Waals surface area contributed by atoms with Crippen molar-refractivity contribution in [3.05, 3.63) is 136 Å². The number of aryl methyl sites for hydroxylation is 4. The highest BCUT2D eigenvalue weighted by molar-refractivity contribution is 7.51. The maximum atomic E-state index is 13.4. The maximum Gasteiger partial charge on any atom is 0.335 e. The fourth-order valence-electron chi connectivity index (χ4n) is 4.48. The van der Waals surface area contributed by atoms with E-state index in [2.05, 4.69) is 46.3 Å². The van der Waals surface area contributed by atoms with Crippen LogP contribution < -0.4 is 32.3 Å². The van der Waals surface area contributed by atoms with E-state index in [1.807, 2.05) is 66.9 Å². The molecular formula is C38H39ClF2N12O6S2. The lowest BCUT2D eigenvalue weighted by molar-refractivity contribution is 0.0950. The van der Waals surface area contributed by atoms with Crippen molar-refractivity contribution in [3.8, 4) is 0 Å². The number of pyridine rings is 2. The molecule has 0 atom stereocenters. The molecule has 0 radical (unpaired) electrons. The minimum absolute atomic E-state index is 0.0847. The van der Waals surface area contributed by atoms with E-state index in [-0.39, 0.29) is 39.6 Å². The first kappa shape index (κ1) is 40.6. The molecule has 4 aromatic heterocycles. The third kappa shape index (κ3) is 16.5. The van der Waals surface area contributed by atoms with Crippen LogP contribution in [0.2, 0.25) is 5.15 Å². The van der Waals surface area contributed by atoms with Crippen molar-refractivity contribution in [1.29, 1.82) is 0 Å². The number of halogens is 3. The van der Waals surface area contributed by atoms with Gasteiger partial charge in [0.25, 0.3) is 11.8 Å². The highest BCUT2D eigenvalue weighted by Gasteiger charge is 2.16. The third-order valence-electron chi connectivity index (χ3n) is 7.42. The van der Waals surface area contributed by atoms with Gasteiger partial charge < -0.3 is 32.3 Å². The van der Waals surface area contributed by atoms with Crippen LogP contribution in [0.3, 0.4) is 0 Å². The monoisotopic (exact) mass is 902 g/mol. The molecule has 0 unspecified atom stereocenters. The largest absolute Gasteiger partial charge is 0.384 e. The van der Waals surface area contributed by atoms with Crippen LogP contribution in [0.25, 0.3) is 0 Å². The Balaban J connectivity index is 0.000000361. The number of nitrogens with two attached hydrogens (primary N) is 1. The first-order chi connectivity index (χ1) is 31.4. The first-order valence-electron chi connectivity index (χ1n) is 19.7. The van der Waals surface area contributed by atoms with Gasteiger partial charge in [0.05, 0.1) is 23.8 Å². The number of aromatic nitrogens is 6. The van der Waals surface area contributed by atoms with Gasteiger partial charge in [-0.2, -0.15) is 16.8 Å². The summed E-state index contributed by atoms with van der Waals surface area (Å²) >= 11 is 4.30. The van der Waals surface area contributed by atoms with E-state index < -0.39 is 54.7 Å². The summed E-state index contributed by atoms with van der Waals surface area (Å²) in [6.45, 7) is 1.72. The molecule has 320 valence electrons. The van der Waals surface area contributed by atoms with Crippen LogP contribution in [0.4, 0.5) is 49.0 Å². The van der Waals surface area contributed by atoms with Crippen molar-refractivity contribution >= 4 is 86.8 Å². The van der Waals surface area contributed by atoms with Crippen molar-refractivity contribution in [2.45, 2.75) is 27.7 Å². The van der Waals surface area contributed by atoms with Gasteiger partial charge in [0.15, 0.2) is 22.4 Å². The fourth-order valence-corrected chi connectivity index (χ4v) is 4.63. The van der Waals surface area contributed by atoms with Crippen molar-refractivity contribution in [1.82, 2.24) is 41.0 Å². The molecule has 2 aromatic carbocycles. The summed E-state index contributed by atoms with van der Waals surface area (Å²) in [6, 6.07) is 20.7. The molecule has 0 fully saturated rings. The summed E-state index contributed by atoms with van der Waals surface area (Å²) in [5.74, 6) is -1.59. The topological polar surface area (TPSA) is 266 Å². The van der Waals surface area contributed by atoms with E-state index in [1.165, 1.54) is 24.3 Å². The molecule has 0 aliphatic rings. The third-order valence-corrected chi connectivity index (χ3v) is 7.60. The predicted octanol–water partition coefficient (Wildman–Crippen LogP) is 5.79. The average Bonchev–Trinajstić information content (AvgIpc) is 3.22. The zero-order valence-electron chi connectivity index (χ0n) is 38.2. The fraction of sp³-hybridized carbons (Fsp3) is 0.158. The number of para-hydroxylation sites is 2. The van der Waals surface area contributed by atoms with Crippen LogP contribution in [0, 0.1) is 39.3 Å². The molecule has 23 heteroatoms. The molecule has 0 spiro atoms. The summed E-state index contributed by atoms with van der Waals surface area (Å²) in [5.41, 5.74) is 9.64. The molecule has 6 rings (SSSR count). The van der Waals surface area contributed by atoms with Crippen molar-refractivity contribution in [2.24, 2.45) is 0 Å². The number of benzene rings is 2. The molecule has 61 heavy (non-hydrogen) atoms. The molecule has 0 saturated heterocycles. The maximum absolute atomic E-state index is 13.4. The minimum atomic E-state index is -2.68. The Labute approximate surface area is 369 Å². The van der Waals surface area contributed by atoms with Gasteiger partial charge in [0, 0.05) is 45.7 Å². The lowest BCUT2D eigenvalue weighted by Gasteiger charge is -2.14. The van der Waals surface area contributed by atoms with Crippen molar-refractivity contribution in [3.63, 3.8) is 0 Å². The standard InChI is InChI=1S/C19H19FN6O.C13H13ClN4O.C6H7FN2.2O2S/c1-11-6-4-5-7-14(11)23-15-9-17(25-26-18(15)19(27)21-3)24-16-8-12(2)13(20)10-22-16;1-8-5-3-4-6-9(8)16-10-7-11(14)17-18-12(10)13(19)15-2;1-4-2-6(8)9-3-5(4)7;2*1-3-2/h4-10H,1-3H3,(H,21,27)(H2,22,23,24,25);3-7H,1-2H3,(H,15,19)(H,16,17);2-3H,1H3,(H2,8,9);;/i3D3;2D3;;;. The number of rotatable bonds is 8. The number of nitrogens with zero attached hydrogens (tertiary/aromatic N) is 6. The lowest BCUT2D eigenvalue weighted by Crippen LogP contribution is -2.21. The number of carbonyl (C=O) groups excluding carboxylic acids is 2. The number of hydrogen-bond donors (Lipinski definition) is 6. The molecule has 0 bridgehead atoms. The van der Waals surface area contributed by atoms with Gasteiger partial charge >= 0.3 is 23.1 Å². The van der Waals surface area contributed by atoms with E-state index in [0.717, 1.165) is 29.2 Å². The average molecular weight is 903 g/mol. The Morgan fingerprint density at radius 3 is 1.52 bits per heavy atom. The molecule has 7 N–H and O–H groups in total. The normalized spacial score (nSPS) is 11.4. The summed E-state index contributed by atoms with van der Waals surface area (Å²) < 4.78 is 102. The smallest absolute Gasteiger partial charge is 0.335 e. The Bertz CT molecular complexity index is 2730. The van der Waals surface area contributed by atoms with E-state index in [4.69, 9.17) is 42.4 Å². The zero-order chi connectivity index (χ0) is 50.5. The first-order valence-corrected chi connectivity index (χ1v) is 18.4. The SMILES string of the molecule is Cc1cc(N)ncc1F.O=S=O.O=S=O.[2H]C([2H])([2H])NC(=O)c1nnc(Cl)cc1Nc1ccccc1C.[2H]C([2H])([2H])NC(=O)c1nnc(Nc2cc(C)c(F)cn2)cc1Nc1ccccc1C. The quantitative estimate of drug-likeness (QED) is 0.106. The molecule has 4 heterocycles. The van der Waals surface area contributed by atoms with Gasteiger partial charge in [0.1, 0.15) is 23.3 Å². The van der Waals surface area contributed by atoms with Gasteiger partial charge in [-0.15, -0.1) is 20.4 Å². The Hall–Kier alpha value is -7.17. The highest BCUT2D eigenvalue weighted by Crippen LogP contribution is 2.26. The molecule has 0 aliphatic heterocycles. The number of carbonyl (C=O) groups is 2. The van der Waals surface area contributed by atoms with E-state index >= 15 is 0 Å². The number of anilines is 7. The van der Waals surface area contributed by atoms with Crippen LogP contribution >= 0.6 is 11.6 Å². The van der Waals surface area contributed by atoms with E-state index in [1.54, 1.807) is 19.9 Å².